The van der Waals surface area contributed by atoms with Crippen LogP contribution in [0.1, 0.15) is 38.8 Å². The summed E-state index contributed by atoms with van der Waals surface area (Å²) in [5, 5.41) is 9.38. The number of benzene rings is 3. The molecule has 3 rings (SSSR count). The molecule has 0 unspecified atom stereocenters. The Balaban J connectivity index is 1.89. The van der Waals surface area contributed by atoms with Crippen LogP contribution in [0.25, 0.3) is 11.1 Å². The molecule has 3 aromatic carbocycles. The van der Waals surface area contributed by atoms with Crippen LogP contribution in [0.5, 0.6) is 5.75 Å². The summed E-state index contributed by atoms with van der Waals surface area (Å²) in [6.45, 7) is 1.43. The van der Waals surface area contributed by atoms with Crippen molar-refractivity contribution < 1.29 is 19.1 Å². The molecular formula is C24H19NO4. The van der Waals surface area contributed by atoms with Crippen LogP contribution >= 0.6 is 0 Å². The summed E-state index contributed by atoms with van der Waals surface area (Å²) in [4.78, 5) is 24.5. The Morgan fingerprint density at radius 3 is 2.34 bits per heavy atom. The van der Waals surface area contributed by atoms with Gasteiger partial charge in [0.1, 0.15) is 12.4 Å². The molecule has 5 heteroatoms. The van der Waals surface area contributed by atoms with Crippen LogP contribution in [-0.4, -0.2) is 18.9 Å². The molecule has 0 aliphatic heterocycles. The van der Waals surface area contributed by atoms with Crippen molar-refractivity contribution in [1.29, 1.82) is 5.26 Å². The maximum Gasteiger partial charge on any atom is 0.339 e. The third-order valence-electron chi connectivity index (χ3n) is 4.53. The van der Waals surface area contributed by atoms with E-state index in [9.17, 15) is 14.9 Å². The Morgan fingerprint density at radius 1 is 0.966 bits per heavy atom. The summed E-state index contributed by atoms with van der Waals surface area (Å²) < 4.78 is 10.8. The molecule has 29 heavy (non-hydrogen) atoms. The highest BCUT2D eigenvalue weighted by Gasteiger charge is 2.17. The van der Waals surface area contributed by atoms with Crippen molar-refractivity contribution in [3.63, 3.8) is 0 Å². The first-order valence-electron chi connectivity index (χ1n) is 8.98. The number of hydrogen-bond donors (Lipinski definition) is 0. The second kappa shape index (κ2) is 8.85. The zero-order valence-corrected chi connectivity index (χ0v) is 16.1. The standard InChI is InChI=1S/C24H19NO4/c1-16(26)17-11-12-23(28-2)19(13-17)15-29-24(27)22-10-6-5-9-21(22)20-8-4-3-7-18(20)14-25/h3-13H,15H2,1-2H3. The van der Waals surface area contributed by atoms with Crippen molar-refractivity contribution in [2.24, 2.45) is 0 Å². The first kappa shape index (κ1) is 19.8. The smallest absolute Gasteiger partial charge is 0.339 e. The van der Waals surface area contributed by atoms with Crippen LogP contribution in [0, 0.1) is 11.3 Å². The molecule has 0 atom stereocenters. The number of ether oxygens (including phenoxy) is 2. The number of carbonyl (C=O) groups is 2. The fourth-order valence-corrected chi connectivity index (χ4v) is 3.04. The highest BCUT2D eigenvalue weighted by molar-refractivity contribution is 5.98. The maximum atomic E-state index is 12.8. The first-order valence-corrected chi connectivity index (χ1v) is 8.98. The molecule has 0 radical (unpaired) electrons. The van der Waals surface area contributed by atoms with Gasteiger partial charge in [-0.25, -0.2) is 4.79 Å². The molecule has 3 aromatic rings. The van der Waals surface area contributed by atoms with Gasteiger partial charge in [-0.3, -0.25) is 4.79 Å². The average Bonchev–Trinajstić information content (AvgIpc) is 2.77. The largest absolute Gasteiger partial charge is 0.496 e. The molecule has 0 saturated heterocycles. The number of esters is 1. The van der Waals surface area contributed by atoms with Gasteiger partial charge in [0.05, 0.1) is 24.3 Å². The lowest BCUT2D eigenvalue weighted by Gasteiger charge is -2.13. The molecule has 0 bridgehead atoms. The molecule has 0 amide bonds. The Bertz CT molecular complexity index is 1110. The van der Waals surface area contributed by atoms with Crippen molar-refractivity contribution >= 4 is 11.8 Å². The molecule has 0 aromatic heterocycles. The minimum Gasteiger partial charge on any atom is -0.496 e. The number of methoxy groups -OCH3 is 1. The van der Waals surface area contributed by atoms with Gasteiger partial charge < -0.3 is 9.47 Å². The second-order valence-corrected chi connectivity index (χ2v) is 6.36. The molecule has 0 saturated carbocycles. The number of ketones is 1. The van der Waals surface area contributed by atoms with Crippen molar-refractivity contribution in [3.8, 4) is 22.9 Å². The highest BCUT2D eigenvalue weighted by atomic mass is 16.5. The highest BCUT2D eigenvalue weighted by Crippen LogP contribution is 2.28. The van der Waals surface area contributed by atoms with E-state index in [2.05, 4.69) is 6.07 Å². The number of nitrogens with zero attached hydrogens (tertiary/aromatic N) is 1. The topological polar surface area (TPSA) is 76.4 Å². The van der Waals surface area contributed by atoms with Crippen molar-refractivity contribution in [2.45, 2.75) is 13.5 Å². The number of nitriles is 1. The third-order valence-corrected chi connectivity index (χ3v) is 4.53. The molecular weight excluding hydrogens is 366 g/mol. The molecule has 0 aliphatic carbocycles. The Hall–Kier alpha value is -3.91. The van der Waals surface area contributed by atoms with E-state index in [1.54, 1.807) is 60.7 Å². The van der Waals surface area contributed by atoms with E-state index in [1.165, 1.54) is 14.0 Å². The molecule has 0 heterocycles. The first-order chi connectivity index (χ1) is 14.0. The van der Waals surface area contributed by atoms with Gasteiger partial charge in [-0.15, -0.1) is 0 Å². The third kappa shape index (κ3) is 4.33. The van der Waals surface area contributed by atoms with E-state index in [-0.39, 0.29) is 12.4 Å². The van der Waals surface area contributed by atoms with Crippen LogP contribution in [0.15, 0.2) is 66.7 Å². The van der Waals surface area contributed by atoms with E-state index in [1.807, 2.05) is 6.07 Å². The molecule has 0 aliphatic rings. The Morgan fingerprint density at radius 2 is 1.66 bits per heavy atom. The van der Waals surface area contributed by atoms with Crippen LogP contribution in [-0.2, 0) is 11.3 Å². The van der Waals surface area contributed by atoms with Gasteiger partial charge in [-0.05, 0) is 42.8 Å². The Kier molecular flexibility index (Phi) is 6.06. The lowest BCUT2D eigenvalue weighted by Crippen LogP contribution is -2.08. The summed E-state index contributed by atoms with van der Waals surface area (Å²) in [5.41, 5.74) is 3.24. The van der Waals surface area contributed by atoms with Crippen LogP contribution in [0.2, 0.25) is 0 Å². The van der Waals surface area contributed by atoms with Gasteiger partial charge in [0.25, 0.3) is 0 Å². The monoisotopic (exact) mass is 385 g/mol. The number of rotatable bonds is 6. The normalized spacial score (nSPS) is 10.1. The lowest BCUT2D eigenvalue weighted by molar-refractivity contribution is 0.0471. The Labute approximate surface area is 169 Å². The van der Waals surface area contributed by atoms with Crippen molar-refractivity contribution in [3.05, 3.63) is 89.0 Å². The van der Waals surface area contributed by atoms with Crippen LogP contribution in [0.3, 0.4) is 0 Å². The minimum atomic E-state index is -0.524. The summed E-state index contributed by atoms with van der Waals surface area (Å²) in [6, 6.07) is 21.2. The minimum absolute atomic E-state index is 0.0443. The zero-order chi connectivity index (χ0) is 20.8. The molecule has 144 valence electrons. The molecule has 0 fully saturated rings. The van der Waals surface area contributed by atoms with Gasteiger partial charge in [-0.2, -0.15) is 5.26 Å². The second-order valence-electron chi connectivity index (χ2n) is 6.36. The van der Waals surface area contributed by atoms with E-state index in [4.69, 9.17) is 9.47 Å². The van der Waals surface area contributed by atoms with Crippen molar-refractivity contribution in [2.75, 3.05) is 7.11 Å². The van der Waals surface area contributed by atoms with Gasteiger partial charge in [0, 0.05) is 16.7 Å². The fraction of sp³-hybridized carbons (Fsp3) is 0.125. The van der Waals surface area contributed by atoms with Gasteiger partial charge >= 0.3 is 5.97 Å². The quantitative estimate of drug-likeness (QED) is 0.450. The summed E-state index contributed by atoms with van der Waals surface area (Å²) in [7, 11) is 1.52. The van der Waals surface area contributed by atoms with Crippen LogP contribution in [0.4, 0.5) is 0 Å². The van der Waals surface area contributed by atoms with Crippen LogP contribution < -0.4 is 4.74 Å². The van der Waals surface area contributed by atoms with E-state index >= 15 is 0 Å². The van der Waals surface area contributed by atoms with Gasteiger partial charge in [0.15, 0.2) is 5.78 Å². The average molecular weight is 385 g/mol. The number of Topliss-reactive ketones (excluding diaryl/α,β-unsaturated/α-hetero) is 1. The molecule has 5 nitrogen and oxygen atoms in total. The van der Waals surface area contributed by atoms with Gasteiger partial charge in [0.2, 0.25) is 0 Å². The SMILES string of the molecule is COc1ccc(C(C)=O)cc1COC(=O)c1ccccc1-c1ccccc1C#N. The van der Waals surface area contributed by atoms with E-state index < -0.39 is 5.97 Å². The van der Waals surface area contributed by atoms with Crippen molar-refractivity contribution in [1.82, 2.24) is 0 Å². The molecule has 0 spiro atoms. The van der Waals surface area contributed by atoms with Gasteiger partial charge in [-0.1, -0.05) is 36.4 Å². The predicted molar refractivity (Wildman–Crippen MR) is 109 cm³/mol. The summed E-state index contributed by atoms with van der Waals surface area (Å²) in [5.74, 6) is -0.0757. The van der Waals surface area contributed by atoms with E-state index in [0.29, 0.717) is 39.1 Å². The zero-order valence-electron chi connectivity index (χ0n) is 16.1. The number of carbonyl (C=O) groups excluding carboxylic acids is 2. The number of hydrogen-bond acceptors (Lipinski definition) is 5. The van der Waals surface area contributed by atoms with E-state index in [0.717, 1.165) is 0 Å². The fourth-order valence-electron chi connectivity index (χ4n) is 3.04. The predicted octanol–water partition coefficient (Wildman–Crippen LogP) is 4.79. The lowest BCUT2D eigenvalue weighted by atomic mass is 9.96. The summed E-state index contributed by atoms with van der Waals surface area (Å²) >= 11 is 0. The maximum absolute atomic E-state index is 12.8. The summed E-state index contributed by atoms with van der Waals surface area (Å²) in [6.07, 6.45) is 0. The molecule has 0 N–H and O–H groups in total.